The fourth-order valence-corrected chi connectivity index (χ4v) is 3.16. The molecule has 1 aromatic carbocycles. The second kappa shape index (κ2) is 4.28. The largest absolute Gasteiger partial charge is 0.377 e. The zero-order chi connectivity index (χ0) is 14.5. The monoisotopic (exact) mass is 271 g/mol. The highest BCUT2D eigenvalue weighted by atomic mass is 16.3. The van der Waals surface area contributed by atoms with Crippen LogP contribution in [-0.4, -0.2) is 15.9 Å². The molecule has 3 rings (SSSR count). The lowest BCUT2D eigenvalue weighted by Crippen LogP contribution is -2.40. The number of carbonyl (C=O) groups is 1. The maximum atomic E-state index is 12.2. The SMILES string of the molecule is CC(=O)C1(O)CCCc2c1c1cc(C)ccc1[nH]c2=O. The van der Waals surface area contributed by atoms with E-state index in [9.17, 15) is 14.7 Å². The number of carbonyl (C=O) groups excluding carboxylic acids is 1. The molecule has 20 heavy (non-hydrogen) atoms. The third-order valence-electron chi connectivity index (χ3n) is 4.23. The normalized spacial score (nSPS) is 21.8. The fraction of sp³-hybridized carbons (Fsp3) is 0.375. The van der Waals surface area contributed by atoms with Crippen LogP contribution in [0.5, 0.6) is 0 Å². The lowest BCUT2D eigenvalue weighted by molar-refractivity contribution is -0.137. The van der Waals surface area contributed by atoms with Gasteiger partial charge in [-0.1, -0.05) is 11.6 Å². The predicted molar refractivity (Wildman–Crippen MR) is 76.8 cm³/mol. The number of aliphatic hydroxyl groups is 1. The molecule has 0 spiro atoms. The molecule has 1 aromatic heterocycles. The molecule has 1 unspecified atom stereocenters. The van der Waals surface area contributed by atoms with Crippen LogP contribution in [0.1, 0.15) is 36.5 Å². The van der Waals surface area contributed by atoms with Crippen molar-refractivity contribution < 1.29 is 9.90 Å². The van der Waals surface area contributed by atoms with E-state index in [1.54, 1.807) is 0 Å². The molecule has 1 aliphatic carbocycles. The average molecular weight is 271 g/mol. The number of Topliss-reactive ketones (excluding diaryl/α,β-unsaturated/α-hetero) is 1. The molecule has 0 saturated heterocycles. The van der Waals surface area contributed by atoms with Crippen molar-refractivity contribution in [2.24, 2.45) is 0 Å². The summed E-state index contributed by atoms with van der Waals surface area (Å²) in [6.45, 7) is 3.34. The van der Waals surface area contributed by atoms with Crippen LogP contribution in [0, 0.1) is 6.92 Å². The number of rotatable bonds is 1. The summed E-state index contributed by atoms with van der Waals surface area (Å²) >= 11 is 0. The van der Waals surface area contributed by atoms with E-state index in [0.29, 0.717) is 35.9 Å². The van der Waals surface area contributed by atoms with Crippen molar-refractivity contribution >= 4 is 16.7 Å². The molecule has 1 heterocycles. The van der Waals surface area contributed by atoms with Crippen LogP contribution >= 0.6 is 0 Å². The molecule has 2 aromatic rings. The van der Waals surface area contributed by atoms with Gasteiger partial charge in [0.2, 0.25) is 0 Å². The van der Waals surface area contributed by atoms with Crippen molar-refractivity contribution in [2.45, 2.75) is 38.7 Å². The summed E-state index contributed by atoms with van der Waals surface area (Å²) < 4.78 is 0. The number of fused-ring (bicyclic) bond motifs is 3. The highest BCUT2D eigenvalue weighted by Crippen LogP contribution is 2.38. The smallest absolute Gasteiger partial charge is 0.252 e. The molecule has 0 fully saturated rings. The molecule has 104 valence electrons. The van der Waals surface area contributed by atoms with Crippen molar-refractivity contribution in [3.8, 4) is 0 Å². The van der Waals surface area contributed by atoms with Crippen molar-refractivity contribution in [1.29, 1.82) is 0 Å². The van der Waals surface area contributed by atoms with Gasteiger partial charge in [-0.2, -0.15) is 0 Å². The summed E-state index contributed by atoms with van der Waals surface area (Å²) in [5.74, 6) is -0.299. The first-order chi connectivity index (χ1) is 9.43. The number of aromatic amines is 1. The quantitative estimate of drug-likeness (QED) is 0.832. The number of ketones is 1. The third-order valence-corrected chi connectivity index (χ3v) is 4.23. The third kappa shape index (κ3) is 1.72. The Labute approximate surface area is 116 Å². The van der Waals surface area contributed by atoms with Crippen LogP contribution in [-0.2, 0) is 16.8 Å². The van der Waals surface area contributed by atoms with E-state index in [0.717, 1.165) is 10.9 Å². The molecule has 1 aliphatic rings. The molecular weight excluding hydrogens is 254 g/mol. The number of aromatic nitrogens is 1. The number of benzene rings is 1. The Bertz CT molecular complexity index is 775. The number of pyridine rings is 1. The number of hydrogen-bond donors (Lipinski definition) is 2. The van der Waals surface area contributed by atoms with Gasteiger partial charge in [0, 0.05) is 22.0 Å². The molecule has 0 radical (unpaired) electrons. The van der Waals surface area contributed by atoms with Crippen LogP contribution < -0.4 is 5.56 Å². The van der Waals surface area contributed by atoms with Gasteiger partial charge >= 0.3 is 0 Å². The Balaban J connectivity index is 2.49. The van der Waals surface area contributed by atoms with E-state index >= 15 is 0 Å². The molecule has 4 heteroatoms. The molecule has 4 nitrogen and oxygen atoms in total. The first kappa shape index (κ1) is 13.1. The molecule has 2 N–H and O–H groups in total. The van der Waals surface area contributed by atoms with Gasteiger partial charge in [0.05, 0.1) is 0 Å². The van der Waals surface area contributed by atoms with Gasteiger partial charge in [-0.05, 0) is 45.2 Å². The van der Waals surface area contributed by atoms with Gasteiger partial charge in [0.25, 0.3) is 5.56 Å². The summed E-state index contributed by atoms with van der Waals surface area (Å²) in [6, 6.07) is 5.64. The van der Waals surface area contributed by atoms with Gasteiger partial charge in [0.15, 0.2) is 5.78 Å². The standard InChI is InChI=1S/C16H17NO3/c1-9-5-6-13-12(8-9)14-11(15(19)17-13)4-3-7-16(14,20)10(2)18/h5-6,8,20H,3-4,7H2,1-2H3,(H,17,19). The van der Waals surface area contributed by atoms with E-state index in [1.807, 2.05) is 25.1 Å². The Hall–Kier alpha value is -1.94. The molecule has 0 amide bonds. The lowest BCUT2D eigenvalue weighted by atomic mass is 9.75. The highest BCUT2D eigenvalue weighted by molar-refractivity contribution is 5.94. The number of nitrogens with one attached hydrogen (secondary N) is 1. The van der Waals surface area contributed by atoms with Crippen molar-refractivity contribution in [2.75, 3.05) is 0 Å². The van der Waals surface area contributed by atoms with E-state index in [1.165, 1.54) is 6.92 Å². The minimum atomic E-state index is -1.53. The number of hydrogen-bond acceptors (Lipinski definition) is 3. The van der Waals surface area contributed by atoms with Crippen LogP contribution in [0.15, 0.2) is 23.0 Å². The second-order valence-corrected chi connectivity index (χ2v) is 5.63. The van der Waals surface area contributed by atoms with Gasteiger partial charge in [0.1, 0.15) is 5.60 Å². The zero-order valence-electron chi connectivity index (χ0n) is 11.6. The highest BCUT2D eigenvalue weighted by Gasteiger charge is 2.41. The Morgan fingerprint density at radius 3 is 2.85 bits per heavy atom. The van der Waals surface area contributed by atoms with Gasteiger partial charge < -0.3 is 10.1 Å². The zero-order valence-corrected chi connectivity index (χ0v) is 11.6. The van der Waals surface area contributed by atoms with Crippen molar-refractivity contribution in [1.82, 2.24) is 4.98 Å². The van der Waals surface area contributed by atoms with Gasteiger partial charge in [-0.25, -0.2) is 0 Å². The van der Waals surface area contributed by atoms with Crippen molar-refractivity contribution in [3.63, 3.8) is 0 Å². The summed E-state index contributed by atoms with van der Waals surface area (Å²) in [7, 11) is 0. The Kier molecular flexibility index (Phi) is 2.80. The summed E-state index contributed by atoms with van der Waals surface area (Å²) in [5, 5.41) is 11.6. The van der Waals surface area contributed by atoms with E-state index in [-0.39, 0.29) is 11.3 Å². The summed E-state index contributed by atoms with van der Waals surface area (Å²) in [4.78, 5) is 27.0. The van der Waals surface area contributed by atoms with Crippen molar-refractivity contribution in [3.05, 3.63) is 45.2 Å². The van der Waals surface area contributed by atoms with E-state index in [4.69, 9.17) is 0 Å². The molecule has 0 aliphatic heterocycles. The maximum Gasteiger partial charge on any atom is 0.252 e. The summed E-state index contributed by atoms with van der Waals surface area (Å²) in [5.41, 5.74) is 1.03. The van der Waals surface area contributed by atoms with E-state index in [2.05, 4.69) is 4.98 Å². The molecule has 0 saturated carbocycles. The van der Waals surface area contributed by atoms with Gasteiger partial charge in [-0.3, -0.25) is 9.59 Å². The number of H-pyrrole nitrogens is 1. The van der Waals surface area contributed by atoms with Crippen LogP contribution in [0.3, 0.4) is 0 Å². The lowest BCUT2D eigenvalue weighted by Gasteiger charge is -2.33. The van der Waals surface area contributed by atoms with Crippen LogP contribution in [0.25, 0.3) is 10.9 Å². The first-order valence-corrected chi connectivity index (χ1v) is 6.83. The van der Waals surface area contributed by atoms with E-state index < -0.39 is 5.60 Å². The average Bonchev–Trinajstić information content (AvgIpc) is 2.40. The molecular formula is C16H17NO3. The topological polar surface area (TPSA) is 70.2 Å². The molecule has 1 atom stereocenters. The minimum Gasteiger partial charge on any atom is -0.377 e. The second-order valence-electron chi connectivity index (χ2n) is 5.63. The first-order valence-electron chi connectivity index (χ1n) is 6.83. The Morgan fingerprint density at radius 2 is 2.15 bits per heavy atom. The molecule has 0 bridgehead atoms. The maximum absolute atomic E-state index is 12.2. The van der Waals surface area contributed by atoms with Gasteiger partial charge in [-0.15, -0.1) is 0 Å². The van der Waals surface area contributed by atoms with Crippen LogP contribution in [0.2, 0.25) is 0 Å². The minimum absolute atomic E-state index is 0.198. The Morgan fingerprint density at radius 1 is 1.40 bits per heavy atom. The fourth-order valence-electron chi connectivity index (χ4n) is 3.16. The van der Waals surface area contributed by atoms with Crippen LogP contribution in [0.4, 0.5) is 0 Å². The predicted octanol–water partition coefficient (Wildman–Crippen LogP) is 1.95. The summed E-state index contributed by atoms with van der Waals surface area (Å²) in [6.07, 6.45) is 1.62. The number of aryl methyl sites for hydroxylation is 1.